The van der Waals surface area contributed by atoms with Crippen molar-refractivity contribution in [1.29, 1.82) is 0 Å². The fourth-order valence-corrected chi connectivity index (χ4v) is 2.93. The molecule has 0 heterocycles. The van der Waals surface area contributed by atoms with Crippen LogP contribution < -0.4 is 10.2 Å². The van der Waals surface area contributed by atoms with Crippen molar-refractivity contribution in [2.45, 2.75) is 39.5 Å². The first-order chi connectivity index (χ1) is 12.6. The molecule has 0 unspecified atom stereocenters. The molecule has 27 heavy (non-hydrogen) atoms. The van der Waals surface area contributed by atoms with Crippen LogP contribution in [0.1, 0.15) is 61.0 Å². The second-order valence-electron chi connectivity index (χ2n) is 7.46. The number of nitrogens with zero attached hydrogens (tertiary/aromatic N) is 2. The summed E-state index contributed by atoms with van der Waals surface area (Å²) in [4.78, 5) is 25.7. The molecule has 2 aromatic carbocycles. The third kappa shape index (κ3) is 4.64. The lowest BCUT2D eigenvalue weighted by Gasteiger charge is -2.20. The lowest BCUT2D eigenvalue weighted by atomic mass is 9.91. The number of carbonyl (C=O) groups is 1. The van der Waals surface area contributed by atoms with E-state index >= 15 is 0 Å². The van der Waals surface area contributed by atoms with E-state index in [9.17, 15) is 14.9 Å². The first kappa shape index (κ1) is 20.4. The van der Waals surface area contributed by atoms with Crippen molar-refractivity contribution in [1.82, 2.24) is 0 Å². The normalized spacial score (nSPS) is 11.0. The Morgan fingerprint density at radius 1 is 1.00 bits per heavy atom. The molecule has 0 aromatic heterocycles. The van der Waals surface area contributed by atoms with Gasteiger partial charge in [0.05, 0.1) is 4.92 Å². The molecule has 0 aliphatic heterocycles. The number of nitro benzene ring substituents is 1. The SMILES string of the molecule is CC(C)c1cc([N+](=O)[O-])cc(C(C)C)c1NC(=O)c1ccc(N(C)C)cc1. The van der Waals surface area contributed by atoms with Gasteiger partial charge in [0.2, 0.25) is 0 Å². The van der Waals surface area contributed by atoms with Crippen LogP contribution in [0.5, 0.6) is 0 Å². The average molecular weight is 369 g/mol. The number of nitro groups is 1. The first-order valence-electron chi connectivity index (χ1n) is 9.02. The number of nitrogens with one attached hydrogen (secondary N) is 1. The summed E-state index contributed by atoms with van der Waals surface area (Å²) in [5.74, 6) is -0.152. The molecule has 0 saturated heterocycles. The van der Waals surface area contributed by atoms with Crippen molar-refractivity contribution in [2.75, 3.05) is 24.3 Å². The predicted molar refractivity (Wildman–Crippen MR) is 110 cm³/mol. The highest BCUT2D eigenvalue weighted by molar-refractivity contribution is 6.05. The van der Waals surface area contributed by atoms with Crippen LogP contribution in [0.2, 0.25) is 0 Å². The van der Waals surface area contributed by atoms with Gasteiger partial charge in [0.25, 0.3) is 11.6 Å². The number of non-ortho nitro benzene ring substituents is 1. The maximum atomic E-state index is 12.8. The van der Waals surface area contributed by atoms with Crippen molar-refractivity contribution < 1.29 is 9.72 Å². The fraction of sp³-hybridized carbons (Fsp3) is 0.381. The number of amides is 1. The molecule has 0 radical (unpaired) electrons. The van der Waals surface area contributed by atoms with Crippen LogP contribution in [0.3, 0.4) is 0 Å². The minimum atomic E-state index is -0.386. The summed E-state index contributed by atoms with van der Waals surface area (Å²) in [7, 11) is 3.88. The highest BCUT2D eigenvalue weighted by Gasteiger charge is 2.22. The summed E-state index contributed by atoms with van der Waals surface area (Å²) >= 11 is 0. The van der Waals surface area contributed by atoms with Crippen LogP contribution in [0.15, 0.2) is 36.4 Å². The molecular weight excluding hydrogens is 342 g/mol. The summed E-state index contributed by atoms with van der Waals surface area (Å²) in [5.41, 5.74) is 3.82. The van der Waals surface area contributed by atoms with Crippen LogP contribution >= 0.6 is 0 Å². The summed E-state index contributed by atoms with van der Waals surface area (Å²) in [5, 5.41) is 14.3. The van der Waals surface area contributed by atoms with Gasteiger partial charge in [0.15, 0.2) is 0 Å². The molecule has 2 aromatic rings. The number of hydrogen-bond donors (Lipinski definition) is 1. The van der Waals surface area contributed by atoms with Crippen LogP contribution in [-0.4, -0.2) is 24.9 Å². The Hall–Kier alpha value is -2.89. The second-order valence-corrected chi connectivity index (χ2v) is 7.46. The molecule has 1 amide bonds. The molecule has 1 N–H and O–H groups in total. The van der Waals surface area contributed by atoms with Gasteiger partial charge in [-0.1, -0.05) is 27.7 Å². The van der Waals surface area contributed by atoms with Crippen molar-refractivity contribution in [2.24, 2.45) is 0 Å². The summed E-state index contributed by atoms with van der Waals surface area (Å²) in [6.45, 7) is 7.85. The number of benzene rings is 2. The van der Waals surface area contributed by atoms with Gasteiger partial charge in [0, 0.05) is 43.2 Å². The van der Waals surface area contributed by atoms with E-state index in [1.54, 1.807) is 24.3 Å². The van der Waals surface area contributed by atoms with Gasteiger partial charge in [-0.05, 0) is 47.2 Å². The zero-order chi connectivity index (χ0) is 20.3. The molecule has 0 aliphatic rings. The van der Waals surface area contributed by atoms with E-state index in [1.165, 1.54) is 0 Å². The van der Waals surface area contributed by atoms with Crippen LogP contribution in [0.25, 0.3) is 0 Å². The second kappa shape index (κ2) is 8.20. The Morgan fingerprint density at radius 2 is 1.48 bits per heavy atom. The van der Waals surface area contributed by atoms with E-state index in [0.717, 1.165) is 16.8 Å². The molecule has 2 rings (SSSR count). The predicted octanol–water partition coefficient (Wildman–Crippen LogP) is 5.16. The largest absolute Gasteiger partial charge is 0.378 e. The molecule has 144 valence electrons. The highest BCUT2D eigenvalue weighted by atomic mass is 16.6. The Bertz CT molecular complexity index is 811. The third-order valence-corrected chi connectivity index (χ3v) is 4.52. The number of hydrogen-bond acceptors (Lipinski definition) is 4. The summed E-state index contributed by atoms with van der Waals surface area (Å²) in [6.07, 6.45) is 0. The molecule has 0 spiro atoms. The van der Waals surface area contributed by atoms with Crippen molar-refractivity contribution in [3.05, 3.63) is 63.2 Å². The van der Waals surface area contributed by atoms with E-state index in [4.69, 9.17) is 0 Å². The summed E-state index contributed by atoms with van der Waals surface area (Å²) in [6, 6.07) is 10.4. The molecule has 0 aliphatic carbocycles. The van der Waals surface area contributed by atoms with Gasteiger partial charge in [-0.15, -0.1) is 0 Å². The molecule has 0 atom stereocenters. The standard InChI is InChI=1S/C21H27N3O3/c1-13(2)18-11-17(24(26)27)12-19(14(3)4)20(18)22-21(25)15-7-9-16(10-8-15)23(5)6/h7-14H,1-6H3,(H,22,25). The molecule has 0 bridgehead atoms. The maximum absolute atomic E-state index is 12.8. The molecule has 0 fully saturated rings. The Balaban J connectivity index is 2.46. The minimum Gasteiger partial charge on any atom is -0.378 e. The zero-order valence-corrected chi connectivity index (χ0v) is 16.7. The fourth-order valence-electron chi connectivity index (χ4n) is 2.93. The highest BCUT2D eigenvalue weighted by Crippen LogP contribution is 2.36. The first-order valence-corrected chi connectivity index (χ1v) is 9.02. The van der Waals surface area contributed by atoms with E-state index in [-0.39, 0.29) is 28.4 Å². The van der Waals surface area contributed by atoms with Gasteiger partial charge in [-0.25, -0.2) is 0 Å². The quantitative estimate of drug-likeness (QED) is 0.564. The number of anilines is 2. The molecule has 0 saturated carbocycles. The van der Waals surface area contributed by atoms with Gasteiger partial charge in [0.1, 0.15) is 0 Å². The van der Waals surface area contributed by atoms with Crippen LogP contribution in [0, 0.1) is 10.1 Å². The van der Waals surface area contributed by atoms with E-state index < -0.39 is 0 Å². The Kier molecular flexibility index (Phi) is 6.20. The van der Waals surface area contributed by atoms with Crippen LogP contribution in [0.4, 0.5) is 17.1 Å². The molecule has 6 nitrogen and oxygen atoms in total. The smallest absolute Gasteiger partial charge is 0.270 e. The summed E-state index contributed by atoms with van der Waals surface area (Å²) < 4.78 is 0. The van der Waals surface area contributed by atoms with Crippen molar-refractivity contribution >= 4 is 23.0 Å². The lowest BCUT2D eigenvalue weighted by Crippen LogP contribution is -2.16. The maximum Gasteiger partial charge on any atom is 0.270 e. The van der Waals surface area contributed by atoms with Gasteiger partial charge in [-0.3, -0.25) is 14.9 Å². The Morgan fingerprint density at radius 3 is 1.85 bits per heavy atom. The topological polar surface area (TPSA) is 75.5 Å². The monoisotopic (exact) mass is 369 g/mol. The van der Waals surface area contributed by atoms with E-state index in [1.807, 2.05) is 58.8 Å². The average Bonchev–Trinajstić information content (AvgIpc) is 2.61. The number of carbonyl (C=O) groups excluding carboxylic acids is 1. The van der Waals surface area contributed by atoms with Gasteiger partial charge >= 0.3 is 0 Å². The molecule has 6 heteroatoms. The van der Waals surface area contributed by atoms with Crippen LogP contribution in [-0.2, 0) is 0 Å². The Labute approximate surface area is 160 Å². The lowest BCUT2D eigenvalue weighted by molar-refractivity contribution is -0.385. The number of rotatable bonds is 6. The van der Waals surface area contributed by atoms with Crippen molar-refractivity contribution in [3.63, 3.8) is 0 Å². The zero-order valence-electron chi connectivity index (χ0n) is 16.7. The van der Waals surface area contributed by atoms with Crippen molar-refractivity contribution in [3.8, 4) is 0 Å². The molecular formula is C21H27N3O3. The third-order valence-electron chi connectivity index (χ3n) is 4.52. The van der Waals surface area contributed by atoms with E-state index in [0.29, 0.717) is 11.3 Å². The minimum absolute atomic E-state index is 0.0359. The van der Waals surface area contributed by atoms with Gasteiger partial charge < -0.3 is 10.2 Å². The van der Waals surface area contributed by atoms with Gasteiger partial charge in [-0.2, -0.15) is 0 Å². The van der Waals surface area contributed by atoms with E-state index in [2.05, 4.69) is 5.32 Å².